The topological polar surface area (TPSA) is 48.5 Å². The van der Waals surface area contributed by atoms with Gasteiger partial charge in [0.15, 0.2) is 5.82 Å². The van der Waals surface area contributed by atoms with Gasteiger partial charge in [-0.15, -0.1) is 0 Å². The maximum Gasteiger partial charge on any atom is 0.257 e. The van der Waals surface area contributed by atoms with Gasteiger partial charge in [-0.25, -0.2) is 4.98 Å². The molecule has 6 heteroatoms. The highest BCUT2D eigenvalue weighted by molar-refractivity contribution is 6.31. The smallest absolute Gasteiger partial charge is 0.257 e. The lowest BCUT2D eigenvalue weighted by molar-refractivity contribution is 0.102. The highest BCUT2D eigenvalue weighted by Crippen LogP contribution is 2.37. The Morgan fingerprint density at radius 1 is 1.00 bits per heavy atom. The fraction of sp³-hybridized carbons (Fsp3) is 0.478. The maximum atomic E-state index is 12.7. The fourth-order valence-electron chi connectivity index (χ4n) is 4.30. The van der Waals surface area contributed by atoms with E-state index in [1.807, 2.05) is 18.2 Å². The summed E-state index contributed by atoms with van der Waals surface area (Å²) in [4.78, 5) is 22.0. The van der Waals surface area contributed by atoms with Crippen molar-refractivity contribution < 1.29 is 4.79 Å². The van der Waals surface area contributed by atoms with Crippen LogP contribution >= 0.6 is 11.6 Å². The summed E-state index contributed by atoms with van der Waals surface area (Å²) in [6.45, 7) is 4.59. The average Bonchev–Trinajstić information content (AvgIpc) is 2.85. The Balaban J connectivity index is 1.40. The van der Waals surface area contributed by atoms with Crippen LogP contribution in [0.25, 0.3) is 0 Å². The Labute approximate surface area is 178 Å². The Bertz CT molecular complexity index is 851. The van der Waals surface area contributed by atoms with Crippen molar-refractivity contribution in [2.75, 3.05) is 36.4 Å². The molecule has 154 valence electrons. The SMILES string of the molecule is O=C1Nc2cccnc2N(CCCCCCN2CCCCC2)c2cc(Cl)ccc21. The number of nitrogens with zero attached hydrogens (tertiary/aromatic N) is 3. The molecule has 0 atom stereocenters. The third-order valence-electron chi connectivity index (χ3n) is 5.84. The summed E-state index contributed by atoms with van der Waals surface area (Å²) in [7, 11) is 0. The van der Waals surface area contributed by atoms with E-state index in [9.17, 15) is 4.79 Å². The number of pyridine rings is 1. The van der Waals surface area contributed by atoms with Crippen LogP contribution in [-0.4, -0.2) is 42.0 Å². The van der Waals surface area contributed by atoms with Gasteiger partial charge < -0.3 is 15.1 Å². The second kappa shape index (κ2) is 9.59. The lowest BCUT2D eigenvalue weighted by Gasteiger charge is -2.26. The van der Waals surface area contributed by atoms with Crippen LogP contribution in [0.4, 0.5) is 17.2 Å². The predicted octanol–water partition coefficient (Wildman–Crippen LogP) is 5.49. The number of rotatable bonds is 7. The van der Waals surface area contributed by atoms with Gasteiger partial charge in [0.1, 0.15) is 0 Å². The van der Waals surface area contributed by atoms with Crippen LogP contribution in [0.2, 0.25) is 5.02 Å². The molecule has 2 aromatic rings. The molecule has 1 aromatic carbocycles. The van der Waals surface area contributed by atoms with Crippen molar-refractivity contribution in [3.8, 4) is 0 Å². The summed E-state index contributed by atoms with van der Waals surface area (Å²) in [5.41, 5.74) is 2.22. The number of anilines is 3. The number of unbranched alkanes of at least 4 members (excludes halogenated alkanes) is 3. The van der Waals surface area contributed by atoms with Gasteiger partial charge in [0.05, 0.1) is 16.9 Å². The van der Waals surface area contributed by atoms with Crippen molar-refractivity contribution in [2.45, 2.75) is 44.9 Å². The molecule has 4 rings (SSSR count). The molecular weight excluding hydrogens is 384 g/mol. The molecule has 0 unspecified atom stereocenters. The first kappa shape index (κ1) is 20.2. The monoisotopic (exact) mass is 412 g/mol. The third-order valence-corrected chi connectivity index (χ3v) is 6.08. The maximum absolute atomic E-state index is 12.7. The third kappa shape index (κ3) is 4.90. The molecule has 3 heterocycles. The highest BCUT2D eigenvalue weighted by Gasteiger charge is 2.26. The van der Waals surface area contributed by atoms with Crippen LogP contribution in [0.15, 0.2) is 36.5 Å². The lowest BCUT2D eigenvalue weighted by atomic mass is 10.1. The van der Waals surface area contributed by atoms with Crippen molar-refractivity contribution in [1.29, 1.82) is 0 Å². The zero-order chi connectivity index (χ0) is 20.1. The molecule has 1 fully saturated rings. The van der Waals surface area contributed by atoms with E-state index >= 15 is 0 Å². The Hall–Kier alpha value is -2.11. The number of nitrogens with one attached hydrogen (secondary N) is 1. The number of carbonyl (C=O) groups is 1. The van der Waals surface area contributed by atoms with Gasteiger partial charge in [0, 0.05) is 17.8 Å². The Kier molecular flexibility index (Phi) is 6.67. The van der Waals surface area contributed by atoms with Crippen LogP contribution in [0.3, 0.4) is 0 Å². The number of benzene rings is 1. The molecule has 0 saturated carbocycles. The Morgan fingerprint density at radius 3 is 2.62 bits per heavy atom. The molecular formula is C23H29ClN4O. The van der Waals surface area contributed by atoms with Gasteiger partial charge in [-0.05, 0) is 75.6 Å². The Morgan fingerprint density at radius 2 is 1.79 bits per heavy atom. The molecule has 29 heavy (non-hydrogen) atoms. The molecule has 1 amide bonds. The predicted molar refractivity (Wildman–Crippen MR) is 119 cm³/mol. The first-order chi connectivity index (χ1) is 14.2. The molecule has 1 N–H and O–H groups in total. The molecule has 2 aliphatic heterocycles. The van der Waals surface area contributed by atoms with Gasteiger partial charge in [0.2, 0.25) is 0 Å². The normalized spacial score (nSPS) is 16.7. The molecule has 5 nitrogen and oxygen atoms in total. The zero-order valence-corrected chi connectivity index (χ0v) is 17.6. The number of amides is 1. The van der Waals surface area contributed by atoms with Crippen LogP contribution in [0.5, 0.6) is 0 Å². The van der Waals surface area contributed by atoms with Crippen LogP contribution in [-0.2, 0) is 0 Å². The number of fused-ring (bicyclic) bond motifs is 2. The number of likely N-dealkylation sites (tertiary alicyclic amines) is 1. The summed E-state index contributed by atoms with van der Waals surface area (Å²) in [6.07, 6.45) is 10.6. The van der Waals surface area contributed by atoms with Gasteiger partial charge in [-0.3, -0.25) is 4.79 Å². The molecule has 0 bridgehead atoms. The largest absolute Gasteiger partial charge is 0.324 e. The van der Waals surface area contributed by atoms with Crippen LogP contribution in [0.1, 0.15) is 55.3 Å². The minimum absolute atomic E-state index is 0.116. The van der Waals surface area contributed by atoms with Gasteiger partial charge in [0.25, 0.3) is 5.91 Å². The van der Waals surface area contributed by atoms with Gasteiger partial charge >= 0.3 is 0 Å². The van der Waals surface area contributed by atoms with E-state index in [1.165, 1.54) is 58.2 Å². The molecule has 1 saturated heterocycles. The summed E-state index contributed by atoms with van der Waals surface area (Å²) in [5, 5.41) is 3.61. The average molecular weight is 413 g/mol. The van der Waals surface area contributed by atoms with Crippen LogP contribution < -0.4 is 10.2 Å². The van der Waals surface area contributed by atoms with Crippen molar-refractivity contribution in [3.63, 3.8) is 0 Å². The van der Waals surface area contributed by atoms with Crippen molar-refractivity contribution >= 4 is 34.7 Å². The second-order valence-corrected chi connectivity index (χ2v) is 8.39. The number of piperidine rings is 1. The van der Waals surface area contributed by atoms with E-state index in [0.29, 0.717) is 10.6 Å². The van der Waals surface area contributed by atoms with Gasteiger partial charge in [-0.2, -0.15) is 0 Å². The van der Waals surface area contributed by atoms with Crippen LogP contribution in [0, 0.1) is 0 Å². The number of halogens is 1. The number of aromatic nitrogens is 1. The first-order valence-electron chi connectivity index (χ1n) is 10.8. The number of hydrogen-bond acceptors (Lipinski definition) is 4. The first-order valence-corrected chi connectivity index (χ1v) is 11.2. The fourth-order valence-corrected chi connectivity index (χ4v) is 4.47. The number of carbonyl (C=O) groups excluding carboxylic acids is 1. The molecule has 0 aliphatic carbocycles. The molecule has 0 radical (unpaired) electrons. The van der Waals surface area contributed by atoms with E-state index in [4.69, 9.17) is 11.6 Å². The van der Waals surface area contributed by atoms with Crippen molar-refractivity contribution in [2.24, 2.45) is 0 Å². The molecule has 2 aliphatic rings. The zero-order valence-electron chi connectivity index (χ0n) is 16.9. The summed E-state index contributed by atoms with van der Waals surface area (Å²) < 4.78 is 0. The van der Waals surface area contributed by atoms with Gasteiger partial charge in [-0.1, -0.05) is 30.9 Å². The minimum atomic E-state index is -0.116. The molecule has 0 spiro atoms. The van der Waals surface area contributed by atoms with E-state index in [-0.39, 0.29) is 5.91 Å². The minimum Gasteiger partial charge on any atom is -0.324 e. The van der Waals surface area contributed by atoms with E-state index < -0.39 is 0 Å². The van der Waals surface area contributed by atoms with E-state index in [2.05, 4.69) is 20.1 Å². The quantitative estimate of drug-likeness (QED) is 0.611. The van der Waals surface area contributed by atoms with Crippen molar-refractivity contribution in [1.82, 2.24) is 9.88 Å². The van der Waals surface area contributed by atoms with Crippen molar-refractivity contribution in [3.05, 3.63) is 47.1 Å². The lowest BCUT2D eigenvalue weighted by Crippen LogP contribution is -2.30. The van der Waals surface area contributed by atoms with E-state index in [0.717, 1.165) is 30.2 Å². The summed E-state index contributed by atoms with van der Waals surface area (Å²) in [6, 6.07) is 9.18. The highest BCUT2D eigenvalue weighted by atomic mass is 35.5. The second-order valence-electron chi connectivity index (χ2n) is 7.96. The summed E-state index contributed by atoms with van der Waals surface area (Å²) >= 11 is 6.26. The molecule has 1 aromatic heterocycles. The standard InChI is InChI=1S/C23H29ClN4O/c24-18-10-11-19-21(17-18)28(22-20(26-23(19)29)9-8-12-25-22)16-7-2-1-4-13-27-14-5-3-6-15-27/h8-12,17H,1-7,13-16H2,(H,26,29). The van der Waals surface area contributed by atoms with E-state index in [1.54, 1.807) is 18.3 Å². The number of hydrogen-bond donors (Lipinski definition) is 1. The summed E-state index contributed by atoms with van der Waals surface area (Å²) in [5.74, 6) is 0.671.